The summed E-state index contributed by atoms with van der Waals surface area (Å²) in [5.41, 5.74) is 0.462. The minimum atomic E-state index is -0.787. The number of aliphatic carboxylic acids is 2. The van der Waals surface area contributed by atoms with Crippen LogP contribution in [-0.2, 0) is 9.59 Å². The van der Waals surface area contributed by atoms with E-state index in [-0.39, 0.29) is 23.9 Å². The number of carboxylic acid groups (broad SMARTS) is 2. The first-order chi connectivity index (χ1) is 9.51. The molecule has 0 aromatic carbocycles. The fourth-order valence-corrected chi connectivity index (χ4v) is 6.82. The number of carbonyl (C=O) groups is 2. The standard InChI is InChI=1S/C15H28NO4P/c1-14(2)9-11(10-15(3,4)16-14)21(7-5-12(17)18)8-6-13(19)20/h11,16H,5-10H2,1-4H3,(H,17,18)(H,19,20). The number of hydrogen-bond donors (Lipinski definition) is 3. The van der Waals surface area contributed by atoms with Gasteiger partial charge >= 0.3 is 11.9 Å². The van der Waals surface area contributed by atoms with Crippen LogP contribution in [0, 0.1) is 0 Å². The molecule has 5 nitrogen and oxygen atoms in total. The van der Waals surface area contributed by atoms with Gasteiger partial charge < -0.3 is 15.5 Å². The van der Waals surface area contributed by atoms with Gasteiger partial charge in [-0.1, -0.05) is 0 Å². The zero-order valence-corrected chi connectivity index (χ0v) is 14.4. The first kappa shape index (κ1) is 18.4. The second-order valence-electron chi connectivity index (χ2n) is 7.28. The molecule has 0 amide bonds. The molecule has 0 atom stereocenters. The molecule has 0 aromatic heterocycles. The van der Waals surface area contributed by atoms with Crippen molar-refractivity contribution in [1.29, 1.82) is 0 Å². The minimum absolute atomic E-state index is 0.0133. The fourth-order valence-electron chi connectivity index (χ4n) is 3.48. The van der Waals surface area contributed by atoms with E-state index < -0.39 is 19.9 Å². The van der Waals surface area contributed by atoms with Crippen LogP contribution < -0.4 is 5.32 Å². The summed E-state index contributed by atoms with van der Waals surface area (Å²) in [6, 6.07) is 0. The van der Waals surface area contributed by atoms with E-state index in [2.05, 4.69) is 33.0 Å². The Morgan fingerprint density at radius 1 is 1.00 bits per heavy atom. The Labute approximate surface area is 128 Å². The Kier molecular flexibility index (Phi) is 6.18. The van der Waals surface area contributed by atoms with Crippen molar-refractivity contribution in [2.24, 2.45) is 0 Å². The van der Waals surface area contributed by atoms with Gasteiger partial charge in [-0.25, -0.2) is 0 Å². The Morgan fingerprint density at radius 2 is 1.38 bits per heavy atom. The van der Waals surface area contributed by atoms with Gasteiger partial charge in [0.15, 0.2) is 0 Å². The van der Waals surface area contributed by atoms with Crippen LogP contribution in [0.2, 0.25) is 0 Å². The fraction of sp³-hybridized carbons (Fsp3) is 0.867. The second-order valence-corrected chi connectivity index (χ2v) is 10.1. The summed E-state index contributed by atoms with van der Waals surface area (Å²) < 4.78 is 0. The summed E-state index contributed by atoms with van der Waals surface area (Å²) in [7, 11) is -0.562. The van der Waals surface area contributed by atoms with Gasteiger partial charge in [-0.15, -0.1) is 7.92 Å². The van der Waals surface area contributed by atoms with Crippen LogP contribution in [0.4, 0.5) is 0 Å². The number of piperidine rings is 1. The summed E-state index contributed by atoms with van der Waals surface area (Å²) in [6.45, 7) is 8.68. The Hall–Kier alpha value is -0.670. The van der Waals surface area contributed by atoms with E-state index in [0.717, 1.165) is 12.8 Å². The van der Waals surface area contributed by atoms with Crippen LogP contribution in [0.3, 0.4) is 0 Å². The van der Waals surface area contributed by atoms with Crippen LogP contribution in [-0.4, -0.2) is 51.2 Å². The first-order valence-electron chi connectivity index (χ1n) is 7.48. The lowest BCUT2D eigenvalue weighted by Crippen LogP contribution is -2.59. The van der Waals surface area contributed by atoms with Crippen molar-refractivity contribution in [2.45, 2.75) is 70.1 Å². The molecule has 1 heterocycles. The molecule has 0 radical (unpaired) electrons. The van der Waals surface area contributed by atoms with Crippen molar-refractivity contribution in [1.82, 2.24) is 5.32 Å². The van der Waals surface area contributed by atoms with E-state index in [1.165, 1.54) is 0 Å². The minimum Gasteiger partial charge on any atom is -0.481 e. The van der Waals surface area contributed by atoms with Gasteiger partial charge in [0, 0.05) is 23.9 Å². The van der Waals surface area contributed by atoms with Gasteiger partial charge in [0.05, 0.1) is 0 Å². The number of carboxylic acids is 2. The predicted octanol–water partition coefficient (Wildman–Crippen LogP) is 2.73. The molecule has 122 valence electrons. The molecule has 1 fully saturated rings. The van der Waals surface area contributed by atoms with Crippen molar-refractivity contribution >= 4 is 19.9 Å². The Balaban J connectivity index is 2.79. The molecule has 0 aliphatic carbocycles. The van der Waals surface area contributed by atoms with Gasteiger partial charge in [-0.05, 0) is 58.5 Å². The van der Waals surface area contributed by atoms with Crippen molar-refractivity contribution in [3.05, 3.63) is 0 Å². The van der Waals surface area contributed by atoms with Gasteiger partial charge in [0.1, 0.15) is 0 Å². The lowest BCUT2D eigenvalue weighted by Gasteiger charge is -2.49. The van der Waals surface area contributed by atoms with Gasteiger partial charge in [0.2, 0.25) is 0 Å². The van der Waals surface area contributed by atoms with Crippen molar-refractivity contribution < 1.29 is 19.8 Å². The number of hydrogen-bond acceptors (Lipinski definition) is 3. The molecule has 0 spiro atoms. The molecule has 1 aliphatic rings. The smallest absolute Gasteiger partial charge is 0.303 e. The molecule has 0 saturated carbocycles. The van der Waals surface area contributed by atoms with Crippen LogP contribution in [0.1, 0.15) is 53.4 Å². The molecule has 6 heteroatoms. The van der Waals surface area contributed by atoms with Crippen LogP contribution >= 0.6 is 7.92 Å². The van der Waals surface area contributed by atoms with Crippen molar-refractivity contribution in [3.63, 3.8) is 0 Å². The molecule has 0 bridgehead atoms. The molecular formula is C15H28NO4P. The van der Waals surface area contributed by atoms with E-state index in [9.17, 15) is 9.59 Å². The summed E-state index contributed by atoms with van der Waals surface area (Å²) in [6.07, 6.45) is 3.54. The Morgan fingerprint density at radius 3 is 1.71 bits per heavy atom. The molecule has 0 unspecified atom stereocenters. The van der Waals surface area contributed by atoms with Gasteiger partial charge in [0.25, 0.3) is 0 Å². The molecular weight excluding hydrogens is 289 g/mol. The maximum absolute atomic E-state index is 10.9. The third-order valence-electron chi connectivity index (χ3n) is 3.91. The zero-order chi connectivity index (χ0) is 16.3. The van der Waals surface area contributed by atoms with Gasteiger partial charge in [-0.3, -0.25) is 9.59 Å². The number of nitrogens with one attached hydrogen (secondary N) is 1. The van der Waals surface area contributed by atoms with Crippen LogP contribution in [0.25, 0.3) is 0 Å². The molecule has 1 saturated heterocycles. The predicted molar refractivity (Wildman–Crippen MR) is 85.5 cm³/mol. The van der Waals surface area contributed by atoms with Crippen molar-refractivity contribution in [3.8, 4) is 0 Å². The van der Waals surface area contributed by atoms with Crippen LogP contribution in [0.15, 0.2) is 0 Å². The van der Waals surface area contributed by atoms with E-state index in [1.807, 2.05) is 0 Å². The SMILES string of the molecule is CC1(C)CC(P(CCC(=O)O)CCC(=O)O)CC(C)(C)N1. The highest BCUT2D eigenvalue weighted by Gasteiger charge is 2.40. The maximum atomic E-state index is 10.9. The number of rotatable bonds is 7. The van der Waals surface area contributed by atoms with E-state index >= 15 is 0 Å². The zero-order valence-electron chi connectivity index (χ0n) is 13.5. The summed E-state index contributed by atoms with van der Waals surface area (Å²) >= 11 is 0. The van der Waals surface area contributed by atoms with E-state index in [4.69, 9.17) is 10.2 Å². The monoisotopic (exact) mass is 317 g/mol. The maximum Gasteiger partial charge on any atom is 0.303 e. The molecule has 1 aliphatic heterocycles. The highest BCUT2D eigenvalue weighted by molar-refractivity contribution is 7.58. The normalized spacial score (nSPS) is 21.4. The molecule has 3 N–H and O–H groups in total. The molecule has 0 aromatic rings. The van der Waals surface area contributed by atoms with E-state index in [0.29, 0.717) is 18.0 Å². The quantitative estimate of drug-likeness (QED) is 0.629. The van der Waals surface area contributed by atoms with Crippen molar-refractivity contribution in [2.75, 3.05) is 12.3 Å². The first-order valence-corrected chi connectivity index (χ1v) is 9.26. The third-order valence-corrected chi connectivity index (χ3v) is 6.90. The highest BCUT2D eigenvalue weighted by atomic mass is 31.1. The third kappa shape index (κ3) is 6.75. The topological polar surface area (TPSA) is 86.6 Å². The van der Waals surface area contributed by atoms with E-state index in [1.54, 1.807) is 0 Å². The lowest BCUT2D eigenvalue weighted by atomic mass is 9.82. The van der Waals surface area contributed by atoms with Crippen LogP contribution in [0.5, 0.6) is 0 Å². The molecule has 21 heavy (non-hydrogen) atoms. The Bertz CT molecular complexity index is 361. The average Bonchev–Trinajstić information content (AvgIpc) is 2.23. The molecule has 1 rings (SSSR count). The van der Waals surface area contributed by atoms with Gasteiger partial charge in [-0.2, -0.15) is 0 Å². The lowest BCUT2D eigenvalue weighted by molar-refractivity contribution is -0.137. The average molecular weight is 317 g/mol. The summed E-state index contributed by atoms with van der Waals surface area (Å²) in [5, 5.41) is 21.5. The summed E-state index contributed by atoms with van der Waals surface area (Å²) in [4.78, 5) is 21.7. The largest absolute Gasteiger partial charge is 0.481 e. The summed E-state index contributed by atoms with van der Waals surface area (Å²) in [5.74, 6) is -1.57. The highest BCUT2D eigenvalue weighted by Crippen LogP contribution is 2.51. The second kappa shape index (κ2) is 7.06.